The highest BCUT2D eigenvalue weighted by Gasteiger charge is 2.50. The average molecular weight is 867 g/mol. The minimum atomic E-state index is -1.03. The van der Waals surface area contributed by atoms with Crippen molar-refractivity contribution in [2.75, 3.05) is 56.2 Å². The standard InChI is InChI=1S/C46H49ClF2N8O5/c1-26-37-35(24-32(48)40(47)39(37)38-30(43(50)59)12-13-34(61-3)41(38)49)62-46(26,27-8-5-4-6-9-27)25-51-28-14-19-55(20-15-28)29-16-21-56(22-17-29)33-11-7-10-31-42(33)54(2)53-44(31)57-23-18-36(58)52-45(57)60/h4-13,24,26,28-29,51H,14-23,25H2,1-3H3,(H2,50,59)(H,52,58,60)/t26-,46-/m0/s1. The van der Waals surface area contributed by atoms with E-state index in [1.807, 2.05) is 61.1 Å². The first-order valence-corrected chi connectivity index (χ1v) is 21.5. The van der Waals surface area contributed by atoms with Gasteiger partial charge in [0.05, 0.1) is 28.9 Å². The number of rotatable bonds is 10. The molecule has 0 unspecified atom stereocenters. The number of carbonyl (C=O) groups excluding carboxylic acids is 3. The summed E-state index contributed by atoms with van der Waals surface area (Å²) in [5.41, 5.74) is 7.73. The fourth-order valence-corrected chi connectivity index (χ4v) is 10.4. The van der Waals surface area contributed by atoms with Crippen LogP contribution >= 0.6 is 11.6 Å². The molecule has 4 amide bonds. The average Bonchev–Trinajstić information content (AvgIpc) is 3.76. The van der Waals surface area contributed by atoms with Crippen LogP contribution < -0.4 is 35.6 Å². The predicted octanol–water partition coefficient (Wildman–Crippen LogP) is 6.84. The van der Waals surface area contributed by atoms with Gasteiger partial charge in [0.2, 0.25) is 11.8 Å². The SMILES string of the molecule is COc1ccc(C(N)=O)c(-c2c(Cl)c(F)cc3c2[C@H](C)[C@@](CNC2CCN(C4CCN(c5cccc6c(N7CCC(=O)NC7=O)nn(C)c56)CC4)CC2)(c2ccccc2)O3)c1F. The number of methoxy groups -OCH3 is 1. The Balaban J connectivity index is 0.893. The van der Waals surface area contributed by atoms with Gasteiger partial charge in [-0.1, -0.05) is 54.9 Å². The molecule has 13 nitrogen and oxygen atoms in total. The molecule has 0 aliphatic carbocycles. The van der Waals surface area contributed by atoms with Crippen LogP contribution in [-0.2, 0) is 17.4 Å². The van der Waals surface area contributed by atoms with E-state index in [0.717, 1.165) is 74.0 Å². The molecule has 2 atom stereocenters. The number of nitrogens with two attached hydrogens (primary N) is 1. The molecule has 5 heterocycles. The Labute approximate surface area is 363 Å². The van der Waals surface area contributed by atoms with Crippen molar-refractivity contribution in [3.05, 3.63) is 100 Å². The zero-order chi connectivity index (χ0) is 43.4. The minimum Gasteiger partial charge on any atom is -0.494 e. The van der Waals surface area contributed by atoms with Gasteiger partial charge >= 0.3 is 6.03 Å². The molecule has 0 radical (unpaired) electrons. The third-order valence-electron chi connectivity index (χ3n) is 13.4. The number of aryl methyl sites for hydroxylation is 1. The molecular formula is C46H49ClF2N8O5. The number of primary amides is 1. The molecule has 4 aliphatic rings. The highest BCUT2D eigenvalue weighted by Crippen LogP contribution is 2.56. The molecule has 16 heteroatoms. The second-order valence-corrected chi connectivity index (χ2v) is 17.1. The van der Waals surface area contributed by atoms with Crippen molar-refractivity contribution in [2.45, 2.75) is 62.6 Å². The maximum Gasteiger partial charge on any atom is 0.329 e. The van der Waals surface area contributed by atoms with Crippen LogP contribution in [0, 0.1) is 11.6 Å². The van der Waals surface area contributed by atoms with E-state index in [1.54, 1.807) is 4.90 Å². The molecule has 3 saturated heterocycles. The van der Waals surface area contributed by atoms with Gasteiger partial charge in [-0.3, -0.25) is 24.5 Å². The lowest BCUT2D eigenvalue weighted by Gasteiger charge is -2.43. The molecule has 4 N–H and O–H groups in total. The number of urea groups is 1. The van der Waals surface area contributed by atoms with E-state index in [-0.39, 0.29) is 51.6 Å². The Bertz CT molecular complexity index is 2580. The van der Waals surface area contributed by atoms with E-state index in [4.69, 9.17) is 31.9 Å². The van der Waals surface area contributed by atoms with Crippen molar-refractivity contribution in [3.63, 3.8) is 0 Å². The van der Waals surface area contributed by atoms with Crippen LogP contribution in [0.1, 0.15) is 66.4 Å². The fraction of sp³-hybridized carbons (Fsp3) is 0.391. The zero-order valence-electron chi connectivity index (χ0n) is 34.8. The number of carbonyl (C=O) groups is 3. The number of halogens is 3. The first-order valence-electron chi connectivity index (χ1n) is 21.1. The molecule has 0 spiro atoms. The number of piperidine rings is 2. The lowest BCUT2D eigenvalue weighted by atomic mass is 9.77. The summed E-state index contributed by atoms with van der Waals surface area (Å²) >= 11 is 6.70. The van der Waals surface area contributed by atoms with Crippen molar-refractivity contribution in [2.24, 2.45) is 12.8 Å². The van der Waals surface area contributed by atoms with Crippen LogP contribution in [0.25, 0.3) is 22.0 Å². The number of amides is 4. The quantitative estimate of drug-likeness (QED) is 0.137. The Morgan fingerprint density at radius 3 is 2.44 bits per heavy atom. The van der Waals surface area contributed by atoms with Gasteiger partial charge in [0.25, 0.3) is 0 Å². The number of hydrogen-bond acceptors (Lipinski definition) is 9. The first-order chi connectivity index (χ1) is 29.9. The number of anilines is 2. The normalized spacial score (nSPS) is 21.3. The number of fused-ring (bicyclic) bond motifs is 2. The minimum absolute atomic E-state index is 0.0171. The topological polar surface area (TPSA) is 147 Å². The molecule has 5 aromatic rings. The van der Waals surface area contributed by atoms with E-state index in [9.17, 15) is 14.4 Å². The van der Waals surface area contributed by atoms with Gasteiger partial charge in [-0.25, -0.2) is 13.6 Å². The molecule has 4 aromatic carbocycles. The van der Waals surface area contributed by atoms with E-state index in [2.05, 4.69) is 26.5 Å². The third-order valence-corrected chi connectivity index (χ3v) is 13.8. The summed E-state index contributed by atoms with van der Waals surface area (Å²) in [7, 11) is 3.20. The summed E-state index contributed by atoms with van der Waals surface area (Å²) in [6.45, 7) is 6.23. The fourth-order valence-electron chi connectivity index (χ4n) is 10.1. The molecule has 3 fully saturated rings. The number of benzene rings is 4. The Morgan fingerprint density at radius 2 is 1.74 bits per heavy atom. The van der Waals surface area contributed by atoms with Crippen molar-refractivity contribution >= 4 is 51.9 Å². The van der Waals surface area contributed by atoms with Crippen LogP contribution in [0.2, 0.25) is 5.02 Å². The number of imide groups is 1. The summed E-state index contributed by atoms with van der Waals surface area (Å²) in [5.74, 6) is -2.70. The lowest BCUT2D eigenvalue weighted by molar-refractivity contribution is -0.120. The van der Waals surface area contributed by atoms with Gasteiger partial charge in [0, 0.05) is 85.8 Å². The predicted molar refractivity (Wildman–Crippen MR) is 233 cm³/mol. The zero-order valence-corrected chi connectivity index (χ0v) is 35.6. The van der Waals surface area contributed by atoms with Crippen LogP contribution in [0.3, 0.4) is 0 Å². The monoisotopic (exact) mass is 866 g/mol. The van der Waals surface area contributed by atoms with Crippen molar-refractivity contribution in [1.82, 2.24) is 25.3 Å². The summed E-state index contributed by atoms with van der Waals surface area (Å²) in [4.78, 5) is 43.7. The molecule has 9 rings (SSSR count). The highest BCUT2D eigenvalue weighted by atomic mass is 35.5. The lowest BCUT2D eigenvalue weighted by Crippen LogP contribution is -2.53. The van der Waals surface area contributed by atoms with E-state index in [0.29, 0.717) is 30.5 Å². The Morgan fingerprint density at radius 1 is 1.00 bits per heavy atom. The number of hydrogen-bond donors (Lipinski definition) is 3. The van der Waals surface area contributed by atoms with Crippen LogP contribution in [-0.4, -0.2) is 91.0 Å². The van der Waals surface area contributed by atoms with E-state index < -0.39 is 35.1 Å². The van der Waals surface area contributed by atoms with Gasteiger partial charge in [0.15, 0.2) is 23.0 Å². The van der Waals surface area contributed by atoms with Crippen molar-refractivity contribution < 1.29 is 32.6 Å². The van der Waals surface area contributed by atoms with Gasteiger partial charge in [-0.15, -0.1) is 0 Å². The van der Waals surface area contributed by atoms with Gasteiger partial charge in [0.1, 0.15) is 11.6 Å². The summed E-state index contributed by atoms with van der Waals surface area (Å²) in [6.07, 6.45) is 4.08. The van der Waals surface area contributed by atoms with Crippen LogP contribution in [0.5, 0.6) is 11.5 Å². The third kappa shape index (κ3) is 7.09. The molecule has 0 saturated carbocycles. The van der Waals surface area contributed by atoms with Crippen LogP contribution in [0.4, 0.5) is 25.1 Å². The number of ether oxygens (including phenoxy) is 2. The number of aromatic nitrogens is 2. The van der Waals surface area contributed by atoms with Crippen LogP contribution in [0.15, 0.2) is 66.7 Å². The number of nitrogens with one attached hydrogen (secondary N) is 2. The second-order valence-electron chi connectivity index (χ2n) is 16.7. The van der Waals surface area contributed by atoms with Gasteiger partial charge in [-0.2, -0.15) is 5.10 Å². The molecule has 62 heavy (non-hydrogen) atoms. The maximum atomic E-state index is 16.2. The number of nitrogens with zero attached hydrogens (tertiary/aromatic N) is 5. The summed E-state index contributed by atoms with van der Waals surface area (Å²) in [6, 6.07) is 19.9. The largest absolute Gasteiger partial charge is 0.494 e. The van der Waals surface area contributed by atoms with Gasteiger partial charge in [-0.05, 0) is 68.6 Å². The molecular weight excluding hydrogens is 818 g/mol. The van der Waals surface area contributed by atoms with Crippen molar-refractivity contribution in [1.29, 1.82) is 0 Å². The summed E-state index contributed by atoms with van der Waals surface area (Å²) in [5, 5.41) is 11.5. The van der Waals surface area contributed by atoms with E-state index >= 15 is 8.78 Å². The number of para-hydroxylation sites is 1. The number of likely N-dealkylation sites (tertiary alicyclic amines) is 1. The maximum absolute atomic E-state index is 16.2. The Hall–Kier alpha value is -5.77. The van der Waals surface area contributed by atoms with Crippen molar-refractivity contribution in [3.8, 4) is 22.6 Å². The molecule has 324 valence electrons. The molecule has 0 bridgehead atoms. The van der Waals surface area contributed by atoms with E-state index in [1.165, 1.54) is 25.3 Å². The molecule has 1 aromatic heterocycles. The first kappa shape index (κ1) is 41.6. The smallest absolute Gasteiger partial charge is 0.329 e. The van der Waals surface area contributed by atoms with Gasteiger partial charge < -0.3 is 30.3 Å². The summed E-state index contributed by atoms with van der Waals surface area (Å²) < 4.78 is 45.9. The second kappa shape index (κ2) is 16.5. The highest BCUT2D eigenvalue weighted by molar-refractivity contribution is 6.34. The Kier molecular flexibility index (Phi) is 11.1. The molecule has 4 aliphatic heterocycles.